The molecule has 1 saturated carbocycles. The van der Waals surface area contributed by atoms with E-state index in [1.54, 1.807) is 6.07 Å². The number of aromatic nitrogens is 3. The lowest BCUT2D eigenvalue weighted by atomic mass is 10.1. The van der Waals surface area contributed by atoms with Crippen molar-refractivity contribution in [1.29, 1.82) is 0 Å². The molecule has 0 aromatic carbocycles. The second-order valence-corrected chi connectivity index (χ2v) is 7.95. The molecular weight excluding hydrogens is 344 g/mol. The minimum absolute atomic E-state index is 0.00986. The van der Waals surface area contributed by atoms with Crippen LogP contribution in [0.15, 0.2) is 15.4 Å². The van der Waals surface area contributed by atoms with Gasteiger partial charge in [0.05, 0.1) is 18.8 Å². The largest absolute Gasteiger partial charge is 0.378 e. The van der Waals surface area contributed by atoms with Crippen molar-refractivity contribution < 1.29 is 9.26 Å². The molecule has 0 N–H and O–H groups in total. The molecule has 2 aromatic heterocycles. The Labute approximate surface area is 158 Å². The highest BCUT2D eigenvalue weighted by Crippen LogP contribution is 2.33. The van der Waals surface area contributed by atoms with Crippen LogP contribution in [0.2, 0.25) is 0 Å². The average Bonchev–Trinajstić information content (AvgIpc) is 3.43. The van der Waals surface area contributed by atoms with Gasteiger partial charge in [0.1, 0.15) is 6.04 Å². The Kier molecular flexibility index (Phi) is 4.36. The van der Waals surface area contributed by atoms with E-state index in [1.165, 1.54) is 25.7 Å². The zero-order chi connectivity index (χ0) is 18.4. The lowest BCUT2D eigenvalue weighted by molar-refractivity contribution is -0.0397. The number of aryl methyl sites for hydroxylation is 1. The molecule has 2 aliphatic heterocycles. The van der Waals surface area contributed by atoms with Crippen LogP contribution in [-0.2, 0) is 17.7 Å². The number of hydrogen-bond acceptors (Lipinski definition) is 6. The van der Waals surface area contributed by atoms with Gasteiger partial charge in [-0.2, -0.15) is 4.98 Å². The minimum atomic E-state index is -0.0134. The van der Waals surface area contributed by atoms with Gasteiger partial charge in [-0.3, -0.25) is 9.69 Å². The van der Waals surface area contributed by atoms with Gasteiger partial charge in [-0.1, -0.05) is 18.0 Å². The van der Waals surface area contributed by atoms with E-state index in [0.717, 1.165) is 43.9 Å². The molecule has 0 radical (unpaired) electrons. The SMILES string of the molecule is Cc1cc(=O)c(-c2noc(C3COCCN3C3CCCC3)n2)c2n1CCC2. The van der Waals surface area contributed by atoms with Crippen LogP contribution in [0.25, 0.3) is 11.4 Å². The second-order valence-electron chi connectivity index (χ2n) is 7.95. The molecule has 5 rings (SSSR count). The first kappa shape index (κ1) is 17.1. The highest BCUT2D eigenvalue weighted by atomic mass is 16.5. The van der Waals surface area contributed by atoms with Crippen molar-refractivity contribution in [3.05, 3.63) is 33.6 Å². The number of nitrogens with zero attached hydrogens (tertiary/aromatic N) is 4. The fraction of sp³-hybridized carbons (Fsp3) is 0.650. The molecule has 1 saturated heterocycles. The molecule has 144 valence electrons. The Balaban J connectivity index is 1.50. The molecule has 2 aromatic rings. The molecule has 27 heavy (non-hydrogen) atoms. The van der Waals surface area contributed by atoms with E-state index in [2.05, 4.69) is 19.6 Å². The normalized spacial score (nSPS) is 23.8. The predicted octanol–water partition coefficient (Wildman–Crippen LogP) is 2.47. The Morgan fingerprint density at radius 1 is 1.19 bits per heavy atom. The Hall–Kier alpha value is -1.99. The van der Waals surface area contributed by atoms with Gasteiger partial charge in [-0.05, 0) is 32.6 Å². The zero-order valence-electron chi connectivity index (χ0n) is 15.8. The van der Waals surface area contributed by atoms with E-state index < -0.39 is 0 Å². The minimum Gasteiger partial charge on any atom is -0.378 e. The number of fused-ring (bicyclic) bond motifs is 1. The summed E-state index contributed by atoms with van der Waals surface area (Å²) in [7, 11) is 0. The van der Waals surface area contributed by atoms with E-state index in [1.807, 2.05) is 6.92 Å². The van der Waals surface area contributed by atoms with Gasteiger partial charge in [0.25, 0.3) is 0 Å². The van der Waals surface area contributed by atoms with Crippen molar-refractivity contribution >= 4 is 0 Å². The topological polar surface area (TPSA) is 73.4 Å². The van der Waals surface area contributed by atoms with Crippen molar-refractivity contribution in [2.24, 2.45) is 0 Å². The maximum atomic E-state index is 12.7. The van der Waals surface area contributed by atoms with E-state index in [-0.39, 0.29) is 11.5 Å². The zero-order valence-corrected chi connectivity index (χ0v) is 15.8. The van der Waals surface area contributed by atoms with E-state index >= 15 is 0 Å². The molecule has 1 unspecified atom stereocenters. The van der Waals surface area contributed by atoms with Crippen molar-refractivity contribution in [3.63, 3.8) is 0 Å². The van der Waals surface area contributed by atoms with Crippen LogP contribution in [0.4, 0.5) is 0 Å². The first-order valence-corrected chi connectivity index (χ1v) is 10.1. The number of morpholine rings is 1. The molecule has 7 heteroatoms. The molecular formula is C20H26N4O3. The maximum absolute atomic E-state index is 12.7. The van der Waals surface area contributed by atoms with Crippen LogP contribution in [0, 0.1) is 6.92 Å². The average molecular weight is 370 g/mol. The number of hydrogen-bond donors (Lipinski definition) is 0. The lowest BCUT2D eigenvalue weighted by Gasteiger charge is -2.37. The predicted molar refractivity (Wildman–Crippen MR) is 99.6 cm³/mol. The van der Waals surface area contributed by atoms with Gasteiger partial charge in [0, 0.05) is 36.6 Å². The van der Waals surface area contributed by atoms with E-state index in [0.29, 0.717) is 29.9 Å². The molecule has 0 spiro atoms. The van der Waals surface area contributed by atoms with Gasteiger partial charge in [0.15, 0.2) is 5.43 Å². The standard InChI is InChI=1S/C20H26N4O3/c1-13-11-17(25)18(15-7-4-8-23(13)15)19-21-20(27-22-19)16-12-26-10-9-24(16)14-5-2-3-6-14/h11,14,16H,2-10,12H2,1H3. The van der Waals surface area contributed by atoms with Crippen molar-refractivity contribution in [2.75, 3.05) is 19.8 Å². The quantitative estimate of drug-likeness (QED) is 0.826. The molecule has 1 atom stereocenters. The van der Waals surface area contributed by atoms with Crippen LogP contribution in [0.3, 0.4) is 0 Å². The summed E-state index contributed by atoms with van der Waals surface area (Å²) < 4.78 is 13.6. The molecule has 4 heterocycles. The van der Waals surface area contributed by atoms with Crippen molar-refractivity contribution in [2.45, 2.75) is 64.1 Å². The first-order valence-electron chi connectivity index (χ1n) is 10.1. The summed E-state index contributed by atoms with van der Waals surface area (Å²) in [5, 5.41) is 4.21. The Morgan fingerprint density at radius 2 is 2.04 bits per heavy atom. The van der Waals surface area contributed by atoms with E-state index in [4.69, 9.17) is 9.26 Å². The van der Waals surface area contributed by atoms with Crippen LogP contribution >= 0.6 is 0 Å². The Morgan fingerprint density at radius 3 is 2.89 bits per heavy atom. The molecule has 1 aliphatic carbocycles. The molecule has 3 aliphatic rings. The van der Waals surface area contributed by atoms with Crippen LogP contribution < -0.4 is 5.43 Å². The van der Waals surface area contributed by atoms with Crippen LogP contribution in [0.1, 0.15) is 55.4 Å². The highest BCUT2D eigenvalue weighted by molar-refractivity contribution is 5.58. The molecule has 7 nitrogen and oxygen atoms in total. The van der Waals surface area contributed by atoms with Gasteiger partial charge in [0.2, 0.25) is 11.7 Å². The lowest BCUT2D eigenvalue weighted by Crippen LogP contribution is -2.44. The Bertz CT molecular complexity index is 897. The number of ether oxygens (including phenoxy) is 1. The second kappa shape index (κ2) is 6.87. The van der Waals surface area contributed by atoms with Crippen LogP contribution in [-0.4, -0.2) is 45.4 Å². The first-order chi connectivity index (χ1) is 13.2. The van der Waals surface area contributed by atoms with Gasteiger partial charge >= 0.3 is 0 Å². The fourth-order valence-electron chi connectivity index (χ4n) is 5.02. The number of rotatable bonds is 3. The maximum Gasteiger partial charge on any atom is 0.246 e. The van der Waals surface area contributed by atoms with Crippen molar-refractivity contribution in [3.8, 4) is 11.4 Å². The number of pyridine rings is 1. The van der Waals surface area contributed by atoms with Crippen molar-refractivity contribution in [1.82, 2.24) is 19.6 Å². The summed E-state index contributed by atoms with van der Waals surface area (Å²) >= 11 is 0. The summed E-state index contributed by atoms with van der Waals surface area (Å²) in [5.41, 5.74) is 2.64. The molecule has 0 amide bonds. The third-order valence-electron chi connectivity index (χ3n) is 6.34. The molecule has 0 bridgehead atoms. The van der Waals surface area contributed by atoms with Crippen LogP contribution in [0.5, 0.6) is 0 Å². The monoisotopic (exact) mass is 370 g/mol. The third kappa shape index (κ3) is 2.93. The summed E-state index contributed by atoms with van der Waals surface area (Å²) in [6, 6.07) is 2.25. The van der Waals surface area contributed by atoms with E-state index in [9.17, 15) is 4.79 Å². The third-order valence-corrected chi connectivity index (χ3v) is 6.34. The smallest absolute Gasteiger partial charge is 0.246 e. The molecule has 2 fully saturated rings. The fourth-order valence-corrected chi connectivity index (χ4v) is 5.02. The summed E-state index contributed by atoms with van der Waals surface area (Å²) in [5.74, 6) is 1.01. The van der Waals surface area contributed by atoms with Gasteiger partial charge < -0.3 is 13.8 Å². The summed E-state index contributed by atoms with van der Waals surface area (Å²) in [6.45, 7) is 5.16. The highest BCUT2D eigenvalue weighted by Gasteiger charge is 2.36. The summed E-state index contributed by atoms with van der Waals surface area (Å²) in [6.07, 6.45) is 6.96. The van der Waals surface area contributed by atoms with Gasteiger partial charge in [-0.25, -0.2) is 0 Å². The summed E-state index contributed by atoms with van der Waals surface area (Å²) in [4.78, 5) is 19.8. The van der Waals surface area contributed by atoms with Gasteiger partial charge in [-0.15, -0.1) is 0 Å².